The maximum absolute atomic E-state index is 11.7. The molecule has 0 saturated carbocycles. The Kier molecular flexibility index (Phi) is 7.64. The number of carbonyl (C=O) groups is 1. The van der Waals surface area contributed by atoms with Gasteiger partial charge in [0.25, 0.3) is 0 Å². The topological polar surface area (TPSA) is 47.6 Å². The Bertz CT molecular complexity index is 864. The van der Waals surface area contributed by atoms with E-state index < -0.39 is 0 Å². The van der Waals surface area contributed by atoms with Gasteiger partial charge in [-0.15, -0.1) is 0 Å². The second-order valence-electron chi connectivity index (χ2n) is 6.85. The largest absolute Gasteiger partial charge is 0.489 e. The summed E-state index contributed by atoms with van der Waals surface area (Å²) in [6.07, 6.45) is 3.62. The fourth-order valence-corrected chi connectivity index (χ4v) is 2.19. The molecule has 0 aliphatic heterocycles. The molecule has 2 rings (SSSR count). The molecule has 1 N–H and O–H groups in total. The van der Waals surface area contributed by atoms with Crippen LogP contribution in [0.4, 0.5) is 5.69 Å². The molecule has 0 bridgehead atoms. The highest BCUT2D eigenvalue weighted by Gasteiger charge is 2.07. The van der Waals surface area contributed by atoms with E-state index in [2.05, 4.69) is 18.5 Å². The molecule has 0 aliphatic rings. The predicted octanol–water partition coefficient (Wildman–Crippen LogP) is 5.88. The van der Waals surface area contributed by atoms with Crippen LogP contribution in [0.2, 0.25) is 0 Å². The van der Waals surface area contributed by atoms with Crippen molar-refractivity contribution in [2.24, 2.45) is 5.92 Å². The number of allylic oxidation sites excluding steroid dienone is 3. The lowest BCUT2D eigenvalue weighted by molar-refractivity contribution is -0.118. The monoisotopic (exact) mass is 377 g/mol. The van der Waals surface area contributed by atoms with Gasteiger partial charge in [0, 0.05) is 17.7 Å². The summed E-state index contributed by atoms with van der Waals surface area (Å²) in [5.74, 6) is 1.83. The van der Waals surface area contributed by atoms with Crippen LogP contribution in [0.3, 0.4) is 0 Å². The molecule has 28 heavy (non-hydrogen) atoms. The maximum atomic E-state index is 11.7. The van der Waals surface area contributed by atoms with Crippen LogP contribution in [0.1, 0.15) is 26.3 Å². The first-order valence-electron chi connectivity index (χ1n) is 9.16. The summed E-state index contributed by atoms with van der Waals surface area (Å²) >= 11 is 0. The standard InChI is InChI=1S/C24H27NO3/c1-17(2)9-10-19(5)28-23-8-6-7-22(15-23)27-16-20-11-13-21(14-12-20)25-24(26)18(3)4/h6-15,18H,1,5,16H2,2-4H3,(H,25,26)/b10-9-. The van der Waals surface area contributed by atoms with E-state index in [0.717, 1.165) is 16.8 Å². The fraction of sp³-hybridized carbons (Fsp3) is 0.208. The molecule has 4 heteroatoms. The average Bonchev–Trinajstić information content (AvgIpc) is 2.66. The molecule has 0 fully saturated rings. The number of rotatable bonds is 9. The van der Waals surface area contributed by atoms with Crippen LogP contribution in [-0.4, -0.2) is 5.91 Å². The quantitative estimate of drug-likeness (QED) is 0.438. The van der Waals surface area contributed by atoms with Crippen molar-refractivity contribution in [2.75, 3.05) is 5.32 Å². The molecule has 0 heterocycles. The van der Waals surface area contributed by atoms with Gasteiger partial charge < -0.3 is 14.8 Å². The van der Waals surface area contributed by atoms with Crippen molar-refractivity contribution in [1.82, 2.24) is 0 Å². The van der Waals surface area contributed by atoms with Gasteiger partial charge in [-0.2, -0.15) is 0 Å². The zero-order valence-corrected chi connectivity index (χ0v) is 16.7. The van der Waals surface area contributed by atoms with Crippen LogP contribution >= 0.6 is 0 Å². The molecule has 0 radical (unpaired) electrons. The van der Waals surface area contributed by atoms with Gasteiger partial charge in [-0.1, -0.05) is 56.9 Å². The van der Waals surface area contributed by atoms with Crippen molar-refractivity contribution in [3.05, 3.63) is 90.7 Å². The first kappa shape index (κ1) is 21.0. The van der Waals surface area contributed by atoms with Gasteiger partial charge in [-0.05, 0) is 42.8 Å². The van der Waals surface area contributed by atoms with E-state index in [1.165, 1.54) is 0 Å². The number of ether oxygens (including phenoxy) is 2. The highest BCUT2D eigenvalue weighted by atomic mass is 16.5. The summed E-state index contributed by atoms with van der Waals surface area (Å²) in [5, 5.41) is 2.87. The first-order valence-corrected chi connectivity index (χ1v) is 9.16. The maximum Gasteiger partial charge on any atom is 0.226 e. The third kappa shape index (κ3) is 7.16. The number of hydrogen-bond donors (Lipinski definition) is 1. The number of amides is 1. The van der Waals surface area contributed by atoms with E-state index in [1.807, 2.05) is 75.4 Å². The predicted molar refractivity (Wildman–Crippen MR) is 114 cm³/mol. The van der Waals surface area contributed by atoms with E-state index in [4.69, 9.17) is 9.47 Å². The Hall–Kier alpha value is -3.27. The summed E-state index contributed by atoms with van der Waals surface area (Å²) in [7, 11) is 0. The van der Waals surface area contributed by atoms with Gasteiger partial charge in [-0.3, -0.25) is 4.79 Å². The van der Waals surface area contributed by atoms with Crippen molar-refractivity contribution in [2.45, 2.75) is 27.4 Å². The number of hydrogen-bond acceptors (Lipinski definition) is 3. The lowest BCUT2D eigenvalue weighted by atomic mass is 10.2. The highest BCUT2D eigenvalue weighted by Crippen LogP contribution is 2.22. The van der Waals surface area contributed by atoms with Gasteiger partial charge in [0.2, 0.25) is 5.91 Å². The molecule has 0 spiro atoms. The van der Waals surface area contributed by atoms with Crippen LogP contribution < -0.4 is 14.8 Å². The van der Waals surface area contributed by atoms with Crippen molar-refractivity contribution < 1.29 is 14.3 Å². The Labute approximate surface area is 167 Å². The van der Waals surface area contributed by atoms with Gasteiger partial charge in [0.05, 0.1) is 0 Å². The van der Waals surface area contributed by atoms with E-state index in [9.17, 15) is 4.79 Å². The lowest BCUT2D eigenvalue weighted by Crippen LogP contribution is -2.17. The summed E-state index contributed by atoms with van der Waals surface area (Å²) in [6.45, 7) is 13.7. The first-order chi connectivity index (χ1) is 13.3. The minimum absolute atomic E-state index is 0.000462. The van der Waals surface area contributed by atoms with Gasteiger partial charge >= 0.3 is 0 Å². The molecular formula is C24H27NO3. The number of anilines is 1. The Morgan fingerprint density at radius 2 is 1.75 bits per heavy atom. The third-order valence-electron chi connectivity index (χ3n) is 3.76. The molecule has 146 valence electrons. The summed E-state index contributed by atoms with van der Waals surface area (Å²) in [4.78, 5) is 11.7. The molecule has 0 aromatic heterocycles. The zero-order valence-electron chi connectivity index (χ0n) is 16.7. The van der Waals surface area contributed by atoms with E-state index in [0.29, 0.717) is 23.9 Å². The van der Waals surface area contributed by atoms with Crippen LogP contribution in [0.25, 0.3) is 0 Å². The Balaban J connectivity index is 1.91. The van der Waals surface area contributed by atoms with Gasteiger partial charge in [-0.25, -0.2) is 0 Å². The Morgan fingerprint density at radius 1 is 1.07 bits per heavy atom. The number of nitrogens with one attached hydrogen (secondary N) is 1. The summed E-state index contributed by atoms with van der Waals surface area (Å²) in [5.41, 5.74) is 2.71. The molecule has 4 nitrogen and oxygen atoms in total. The van der Waals surface area contributed by atoms with Crippen molar-refractivity contribution in [3.8, 4) is 11.5 Å². The van der Waals surface area contributed by atoms with Crippen LogP contribution in [0.5, 0.6) is 11.5 Å². The second-order valence-corrected chi connectivity index (χ2v) is 6.85. The molecule has 0 aliphatic carbocycles. The zero-order chi connectivity index (χ0) is 20.5. The number of benzene rings is 2. The molecule has 2 aromatic rings. The third-order valence-corrected chi connectivity index (χ3v) is 3.76. The van der Waals surface area contributed by atoms with E-state index in [1.54, 1.807) is 6.08 Å². The summed E-state index contributed by atoms with van der Waals surface area (Å²) < 4.78 is 11.5. The molecule has 1 amide bonds. The molecule has 0 atom stereocenters. The smallest absolute Gasteiger partial charge is 0.226 e. The van der Waals surface area contributed by atoms with Crippen molar-refractivity contribution in [3.63, 3.8) is 0 Å². The second kappa shape index (κ2) is 10.2. The fourth-order valence-electron chi connectivity index (χ4n) is 2.19. The highest BCUT2D eigenvalue weighted by molar-refractivity contribution is 5.92. The number of carbonyl (C=O) groups excluding carboxylic acids is 1. The van der Waals surface area contributed by atoms with E-state index >= 15 is 0 Å². The van der Waals surface area contributed by atoms with Gasteiger partial charge in [0.1, 0.15) is 23.9 Å². The minimum Gasteiger partial charge on any atom is -0.489 e. The van der Waals surface area contributed by atoms with Crippen molar-refractivity contribution in [1.29, 1.82) is 0 Å². The lowest BCUT2D eigenvalue weighted by Gasteiger charge is -2.11. The van der Waals surface area contributed by atoms with Crippen LogP contribution in [0.15, 0.2) is 85.2 Å². The summed E-state index contributed by atoms with van der Waals surface area (Å²) in [6, 6.07) is 15.0. The van der Waals surface area contributed by atoms with Crippen molar-refractivity contribution >= 4 is 11.6 Å². The molecular weight excluding hydrogens is 350 g/mol. The SMILES string of the molecule is C=C(C)/C=C\C(=C)Oc1cccc(OCc2ccc(NC(=O)C(C)C)cc2)c1. The van der Waals surface area contributed by atoms with Crippen LogP contribution in [-0.2, 0) is 11.4 Å². The normalized spacial score (nSPS) is 10.7. The Morgan fingerprint density at radius 3 is 2.39 bits per heavy atom. The molecule has 0 unspecified atom stereocenters. The van der Waals surface area contributed by atoms with E-state index in [-0.39, 0.29) is 11.8 Å². The minimum atomic E-state index is -0.0510. The van der Waals surface area contributed by atoms with Crippen LogP contribution in [0, 0.1) is 5.92 Å². The van der Waals surface area contributed by atoms with Gasteiger partial charge in [0.15, 0.2) is 0 Å². The molecule has 0 saturated heterocycles. The average molecular weight is 377 g/mol. The molecule has 2 aromatic carbocycles.